The number of nitrogens with one attached hydrogen (secondary N) is 1. The number of nitrogen functional groups attached to an aromatic ring is 1. The number of hydrogen-bond donors (Lipinski definition) is 2. The molecule has 1 heterocycles. The van der Waals surface area contributed by atoms with Gasteiger partial charge in [-0.2, -0.15) is 0 Å². The number of pyridine rings is 1. The zero-order chi connectivity index (χ0) is 12.8. The maximum Gasteiger partial charge on any atom is 0.270 e. The Balaban J connectivity index is 2.51. The van der Waals surface area contributed by atoms with Gasteiger partial charge in [0.15, 0.2) is 0 Å². The monoisotopic (exact) mass is 255 g/mol. The van der Waals surface area contributed by atoms with Crippen molar-refractivity contribution in [2.75, 3.05) is 17.7 Å². The molecule has 3 N–H and O–H groups in total. The van der Waals surface area contributed by atoms with Crippen molar-refractivity contribution in [3.63, 3.8) is 0 Å². The highest BCUT2D eigenvalue weighted by atomic mass is 32.2. The van der Waals surface area contributed by atoms with Crippen LogP contribution in [0.5, 0.6) is 0 Å². The minimum absolute atomic E-state index is 0.0327. The van der Waals surface area contributed by atoms with Crippen molar-refractivity contribution >= 4 is 22.5 Å². The van der Waals surface area contributed by atoms with Gasteiger partial charge in [0.2, 0.25) is 0 Å². The minimum atomic E-state index is -0.836. The first kappa shape index (κ1) is 13.6. The lowest BCUT2D eigenvalue weighted by atomic mass is 10.2. The Hall–Kier alpha value is -1.43. The van der Waals surface area contributed by atoms with Crippen molar-refractivity contribution < 1.29 is 9.00 Å². The van der Waals surface area contributed by atoms with Gasteiger partial charge in [-0.05, 0) is 25.5 Å². The molecule has 0 spiro atoms. The van der Waals surface area contributed by atoms with Gasteiger partial charge < -0.3 is 11.1 Å². The van der Waals surface area contributed by atoms with Gasteiger partial charge >= 0.3 is 0 Å². The molecule has 6 heteroatoms. The van der Waals surface area contributed by atoms with Crippen LogP contribution < -0.4 is 11.1 Å². The van der Waals surface area contributed by atoms with E-state index in [1.54, 1.807) is 24.5 Å². The summed E-state index contributed by atoms with van der Waals surface area (Å²) < 4.78 is 10.9. The Kier molecular flexibility index (Phi) is 5.09. The summed E-state index contributed by atoms with van der Waals surface area (Å²) in [5.74, 6) is 0.637. The lowest BCUT2D eigenvalue weighted by molar-refractivity contribution is 0.0934. The first-order valence-corrected chi connectivity index (χ1v) is 7.05. The maximum atomic E-state index is 11.7. The second-order valence-electron chi connectivity index (χ2n) is 3.89. The van der Waals surface area contributed by atoms with Gasteiger partial charge in [-0.15, -0.1) is 0 Å². The van der Waals surface area contributed by atoms with Crippen LogP contribution in [0.25, 0.3) is 0 Å². The Morgan fingerprint density at radius 3 is 2.88 bits per heavy atom. The lowest BCUT2D eigenvalue weighted by Crippen LogP contribution is -2.34. The summed E-state index contributed by atoms with van der Waals surface area (Å²) in [5.41, 5.74) is 5.79. The maximum absolute atomic E-state index is 11.7. The average molecular weight is 255 g/mol. The third kappa shape index (κ3) is 4.95. The Bertz CT molecular complexity index is 423. The molecule has 0 bridgehead atoms. The van der Waals surface area contributed by atoms with Crippen LogP contribution in [0.2, 0.25) is 0 Å². The molecule has 0 saturated carbocycles. The molecule has 0 aromatic carbocycles. The summed E-state index contributed by atoms with van der Waals surface area (Å²) >= 11 is 0. The number of nitrogens with two attached hydrogens (primary N) is 1. The topological polar surface area (TPSA) is 85.1 Å². The summed E-state index contributed by atoms with van der Waals surface area (Å²) in [6.07, 6.45) is 2.32. The summed E-state index contributed by atoms with van der Waals surface area (Å²) in [6, 6.07) is 4.88. The lowest BCUT2D eigenvalue weighted by Gasteiger charge is -2.12. The van der Waals surface area contributed by atoms with Crippen molar-refractivity contribution in [3.8, 4) is 0 Å². The van der Waals surface area contributed by atoms with E-state index in [0.29, 0.717) is 23.7 Å². The number of amides is 1. The van der Waals surface area contributed by atoms with E-state index < -0.39 is 10.8 Å². The Labute approximate surface area is 103 Å². The van der Waals surface area contributed by atoms with Crippen LogP contribution in [0.1, 0.15) is 23.8 Å². The van der Waals surface area contributed by atoms with Crippen molar-refractivity contribution in [3.05, 3.63) is 23.9 Å². The van der Waals surface area contributed by atoms with E-state index in [0.717, 1.165) is 0 Å². The predicted octanol–water partition coefficient (Wildman–Crippen LogP) is 0.551. The molecular weight excluding hydrogens is 238 g/mol. The number of anilines is 1. The highest BCUT2D eigenvalue weighted by Crippen LogP contribution is 2.01. The van der Waals surface area contributed by atoms with E-state index in [-0.39, 0.29) is 11.9 Å². The molecule has 17 heavy (non-hydrogen) atoms. The van der Waals surface area contributed by atoms with Crippen LogP contribution in [-0.2, 0) is 10.8 Å². The van der Waals surface area contributed by atoms with Gasteiger partial charge in [0.05, 0.1) is 0 Å². The number of aromatic nitrogens is 1. The molecule has 2 unspecified atom stereocenters. The fourth-order valence-corrected chi connectivity index (χ4v) is 1.98. The molecule has 94 valence electrons. The van der Waals surface area contributed by atoms with Gasteiger partial charge in [0.25, 0.3) is 5.91 Å². The molecule has 5 nitrogen and oxygen atoms in total. The molecule has 0 aliphatic heterocycles. The van der Waals surface area contributed by atoms with Crippen LogP contribution in [0.3, 0.4) is 0 Å². The first-order valence-electron chi connectivity index (χ1n) is 5.32. The molecule has 0 aliphatic carbocycles. The Morgan fingerprint density at radius 2 is 2.29 bits per heavy atom. The van der Waals surface area contributed by atoms with Crippen molar-refractivity contribution in [1.29, 1.82) is 0 Å². The molecule has 0 aliphatic rings. The average Bonchev–Trinajstić information content (AvgIpc) is 2.26. The van der Waals surface area contributed by atoms with Crippen LogP contribution >= 0.6 is 0 Å². The Morgan fingerprint density at radius 1 is 1.59 bits per heavy atom. The first-order chi connectivity index (χ1) is 7.99. The molecule has 2 atom stereocenters. The molecular formula is C11H17N3O2S. The van der Waals surface area contributed by atoms with Crippen molar-refractivity contribution in [2.45, 2.75) is 19.4 Å². The van der Waals surface area contributed by atoms with E-state index in [4.69, 9.17) is 5.73 Å². The normalized spacial score (nSPS) is 14.0. The molecule has 1 amide bonds. The number of carbonyl (C=O) groups excluding carboxylic acids is 1. The third-order valence-corrected chi connectivity index (χ3v) is 3.03. The number of rotatable bonds is 5. The predicted molar refractivity (Wildman–Crippen MR) is 69.1 cm³/mol. The van der Waals surface area contributed by atoms with E-state index in [1.807, 2.05) is 6.92 Å². The fraction of sp³-hybridized carbons (Fsp3) is 0.455. The van der Waals surface area contributed by atoms with Gasteiger partial charge in [-0.1, -0.05) is 6.07 Å². The van der Waals surface area contributed by atoms with E-state index in [2.05, 4.69) is 10.3 Å². The van der Waals surface area contributed by atoms with Gasteiger partial charge in [0, 0.05) is 28.9 Å². The fourth-order valence-electron chi connectivity index (χ4n) is 1.29. The molecule has 1 rings (SSSR count). The summed E-state index contributed by atoms with van der Waals surface area (Å²) in [5, 5.41) is 2.79. The highest BCUT2D eigenvalue weighted by molar-refractivity contribution is 7.84. The number of hydrogen-bond acceptors (Lipinski definition) is 4. The summed E-state index contributed by atoms with van der Waals surface area (Å²) in [6.45, 7) is 1.87. The SMILES string of the molecule is CC(CCS(C)=O)NC(=O)c1cccc(N)n1. The molecule has 0 radical (unpaired) electrons. The van der Waals surface area contributed by atoms with Crippen molar-refractivity contribution in [1.82, 2.24) is 10.3 Å². The third-order valence-electron chi connectivity index (χ3n) is 2.22. The van der Waals surface area contributed by atoms with Crippen LogP contribution in [0.15, 0.2) is 18.2 Å². The zero-order valence-corrected chi connectivity index (χ0v) is 10.8. The second-order valence-corrected chi connectivity index (χ2v) is 5.44. The smallest absolute Gasteiger partial charge is 0.270 e. The van der Waals surface area contributed by atoms with E-state index in [9.17, 15) is 9.00 Å². The van der Waals surface area contributed by atoms with E-state index in [1.165, 1.54) is 0 Å². The van der Waals surface area contributed by atoms with Crippen LogP contribution in [-0.4, -0.2) is 33.2 Å². The van der Waals surface area contributed by atoms with Crippen molar-refractivity contribution in [2.24, 2.45) is 0 Å². The second kappa shape index (κ2) is 6.34. The van der Waals surface area contributed by atoms with Gasteiger partial charge in [-0.25, -0.2) is 4.98 Å². The molecule has 0 fully saturated rings. The van der Waals surface area contributed by atoms with Gasteiger partial charge in [0.1, 0.15) is 11.5 Å². The molecule has 1 aromatic heterocycles. The molecule has 0 saturated heterocycles. The zero-order valence-electron chi connectivity index (χ0n) is 9.97. The van der Waals surface area contributed by atoms with Crippen LogP contribution in [0.4, 0.5) is 5.82 Å². The van der Waals surface area contributed by atoms with E-state index >= 15 is 0 Å². The quantitative estimate of drug-likeness (QED) is 0.804. The summed E-state index contributed by atoms with van der Waals surface area (Å²) in [4.78, 5) is 15.7. The molecule has 1 aromatic rings. The van der Waals surface area contributed by atoms with Gasteiger partial charge in [-0.3, -0.25) is 9.00 Å². The minimum Gasteiger partial charge on any atom is -0.384 e. The highest BCUT2D eigenvalue weighted by Gasteiger charge is 2.11. The summed E-state index contributed by atoms with van der Waals surface area (Å²) in [7, 11) is -0.836. The standard InChI is InChI=1S/C11H17N3O2S/c1-8(6-7-17(2)16)13-11(15)9-4-3-5-10(12)14-9/h3-5,8H,6-7H2,1-2H3,(H2,12,14)(H,13,15). The number of carbonyl (C=O) groups is 1. The number of nitrogens with zero attached hydrogens (tertiary/aromatic N) is 1. The van der Waals surface area contributed by atoms with Crippen LogP contribution in [0, 0.1) is 0 Å². The largest absolute Gasteiger partial charge is 0.384 e.